The van der Waals surface area contributed by atoms with Crippen LogP contribution in [0.5, 0.6) is 0 Å². The molecule has 114 valence electrons. The molecule has 1 saturated heterocycles. The van der Waals surface area contributed by atoms with Gasteiger partial charge in [0.05, 0.1) is 12.1 Å². The van der Waals surface area contributed by atoms with Crippen molar-refractivity contribution in [1.29, 1.82) is 0 Å². The number of hydrogen-bond acceptors (Lipinski definition) is 4. The Labute approximate surface area is 122 Å². The maximum absolute atomic E-state index is 12.3. The van der Waals surface area contributed by atoms with Crippen LogP contribution in [0.4, 0.5) is 4.79 Å². The van der Waals surface area contributed by atoms with Gasteiger partial charge in [0.1, 0.15) is 6.04 Å². The molecule has 3 unspecified atom stereocenters. The molecule has 7 nitrogen and oxygen atoms in total. The first kappa shape index (κ1) is 15.2. The molecule has 2 amide bonds. The van der Waals surface area contributed by atoms with Gasteiger partial charge in [-0.25, -0.2) is 9.59 Å². The quantitative estimate of drug-likeness (QED) is 0.865. The van der Waals surface area contributed by atoms with Gasteiger partial charge in [-0.15, -0.1) is 0 Å². The van der Waals surface area contributed by atoms with Crippen molar-refractivity contribution in [2.24, 2.45) is 0 Å². The average Bonchev–Trinajstić information content (AvgIpc) is 2.92. The maximum atomic E-state index is 12.3. The van der Waals surface area contributed by atoms with E-state index < -0.39 is 18.0 Å². The van der Waals surface area contributed by atoms with E-state index in [-0.39, 0.29) is 18.7 Å². The molecule has 0 saturated carbocycles. The number of likely N-dealkylation sites (tertiary alicyclic amines) is 1. The van der Waals surface area contributed by atoms with Crippen LogP contribution in [-0.4, -0.2) is 52.8 Å². The van der Waals surface area contributed by atoms with E-state index in [1.165, 1.54) is 12.0 Å². The summed E-state index contributed by atoms with van der Waals surface area (Å²) in [5.74, 6) is -1.01. The standard InChI is InChI=1S/C14H19N3O4/c1-9(10-3-5-15-6-4-10)16-14(20)17-8-11(21-2)7-12(17)13(18)19/h3-6,9,11-12H,7-8H2,1-2H3,(H,16,20)(H,18,19). The highest BCUT2D eigenvalue weighted by Gasteiger charge is 2.40. The van der Waals surface area contributed by atoms with Crippen LogP contribution in [0, 0.1) is 0 Å². The van der Waals surface area contributed by atoms with Crippen molar-refractivity contribution >= 4 is 12.0 Å². The Morgan fingerprint density at radius 2 is 2.14 bits per heavy atom. The summed E-state index contributed by atoms with van der Waals surface area (Å²) in [6.07, 6.45) is 3.36. The lowest BCUT2D eigenvalue weighted by atomic mass is 10.1. The topological polar surface area (TPSA) is 91.8 Å². The average molecular weight is 293 g/mol. The first-order valence-electron chi connectivity index (χ1n) is 6.75. The number of methoxy groups -OCH3 is 1. The van der Waals surface area contributed by atoms with Gasteiger partial charge >= 0.3 is 12.0 Å². The summed E-state index contributed by atoms with van der Waals surface area (Å²) >= 11 is 0. The van der Waals surface area contributed by atoms with Crippen LogP contribution in [0.1, 0.15) is 24.9 Å². The number of aliphatic carboxylic acids is 1. The summed E-state index contributed by atoms with van der Waals surface area (Å²) in [6, 6.07) is 2.14. The molecular formula is C14H19N3O4. The zero-order valence-electron chi connectivity index (χ0n) is 12.0. The molecule has 1 aliphatic rings. The van der Waals surface area contributed by atoms with E-state index >= 15 is 0 Å². The molecule has 1 aliphatic heterocycles. The van der Waals surface area contributed by atoms with Crippen LogP contribution in [0.25, 0.3) is 0 Å². The first-order valence-corrected chi connectivity index (χ1v) is 6.75. The number of pyridine rings is 1. The minimum absolute atomic E-state index is 0.225. The van der Waals surface area contributed by atoms with Gasteiger partial charge in [0.2, 0.25) is 0 Å². The molecule has 21 heavy (non-hydrogen) atoms. The Morgan fingerprint density at radius 1 is 1.48 bits per heavy atom. The molecule has 0 aliphatic carbocycles. The van der Waals surface area contributed by atoms with E-state index in [0.717, 1.165) is 5.56 Å². The van der Waals surface area contributed by atoms with E-state index in [9.17, 15) is 14.7 Å². The summed E-state index contributed by atoms with van der Waals surface area (Å²) in [5, 5.41) is 12.0. The lowest BCUT2D eigenvalue weighted by Crippen LogP contribution is -2.46. The van der Waals surface area contributed by atoms with E-state index in [4.69, 9.17) is 4.74 Å². The van der Waals surface area contributed by atoms with Gasteiger partial charge in [0, 0.05) is 32.5 Å². The lowest BCUT2D eigenvalue weighted by molar-refractivity contribution is -0.141. The fourth-order valence-corrected chi connectivity index (χ4v) is 2.43. The predicted molar refractivity (Wildman–Crippen MR) is 74.7 cm³/mol. The van der Waals surface area contributed by atoms with Crippen molar-refractivity contribution < 1.29 is 19.4 Å². The molecule has 0 radical (unpaired) electrons. The van der Waals surface area contributed by atoms with E-state index in [0.29, 0.717) is 6.42 Å². The van der Waals surface area contributed by atoms with Crippen LogP contribution in [0.2, 0.25) is 0 Å². The van der Waals surface area contributed by atoms with E-state index in [1.54, 1.807) is 12.4 Å². The maximum Gasteiger partial charge on any atom is 0.326 e. The summed E-state index contributed by atoms with van der Waals surface area (Å²) in [7, 11) is 1.52. The molecule has 1 fully saturated rings. The number of amides is 2. The van der Waals surface area contributed by atoms with Crippen LogP contribution in [0.15, 0.2) is 24.5 Å². The molecule has 1 aromatic rings. The molecule has 0 spiro atoms. The number of hydrogen-bond donors (Lipinski definition) is 2. The zero-order chi connectivity index (χ0) is 15.4. The molecule has 2 heterocycles. The van der Waals surface area contributed by atoms with Gasteiger partial charge in [-0.3, -0.25) is 4.98 Å². The number of nitrogens with one attached hydrogen (secondary N) is 1. The van der Waals surface area contributed by atoms with Crippen LogP contribution in [-0.2, 0) is 9.53 Å². The summed E-state index contributed by atoms with van der Waals surface area (Å²) < 4.78 is 5.17. The predicted octanol–water partition coefficient (Wildman–Crippen LogP) is 1.03. The number of carbonyl (C=O) groups excluding carboxylic acids is 1. The highest BCUT2D eigenvalue weighted by Crippen LogP contribution is 2.21. The van der Waals surface area contributed by atoms with Crippen molar-refractivity contribution in [3.05, 3.63) is 30.1 Å². The second kappa shape index (κ2) is 6.53. The van der Waals surface area contributed by atoms with Crippen molar-refractivity contribution in [3.8, 4) is 0 Å². The number of carboxylic acids is 1. The van der Waals surface area contributed by atoms with Crippen molar-refractivity contribution in [2.45, 2.75) is 31.5 Å². The number of urea groups is 1. The Balaban J connectivity index is 2.03. The molecule has 1 aromatic heterocycles. The Kier molecular flexibility index (Phi) is 4.74. The fraction of sp³-hybridized carbons (Fsp3) is 0.500. The third kappa shape index (κ3) is 3.49. The minimum atomic E-state index is -1.01. The number of carboxylic acid groups (broad SMARTS) is 1. The second-order valence-electron chi connectivity index (χ2n) is 5.05. The number of aromatic nitrogens is 1. The highest BCUT2D eigenvalue weighted by molar-refractivity contribution is 5.83. The van der Waals surface area contributed by atoms with Crippen molar-refractivity contribution in [2.75, 3.05) is 13.7 Å². The zero-order valence-corrected chi connectivity index (χ0v) is 12.0. The molecule has 0 aromatic carbocycles. The Bertz CT molecular complexity index is 508. The second-order valence-corrected chi connectivity index (χ2v) is 5.05. The monoisotopic (exact) mass is 293 g/mol. The van der Waals surface area contributed by atoms with Crippen LogP contribution >= 0.6 is 0 Å². The minimum Gasteiger partial charge on any atom is -0.480 e. The van der Waals surface area contributed by atoms with Gasteiger partial charge in [-0.1, -0.05) is 0 Å². The number of carbonyl (C=O) groups is 2. The van der Waals surface area contributed by atoms with Crippen molar-refractivity contribution in [1.82, 2.24) is 15.2 Å². The smallest absolute Gasteiger partial charge is 0.326 e. The molecule has 0 bridgehead atoms. The van der Waals surface area contributed by atoms with E-state index in [1.807, 2.05) is 19.1 Å². The highest BCUT2D eigenvalue weighted by atomic mass is 16.5. The largest absolute Gasteiger partial charge is 0.480 e. The lowest BCUT2D eigenvalue weighted by Gasteiger charge is -2.24. The number of ether oxygens (including phenoxy) is 1. The van der Waals surface area contributed by atoms with Crippen LogP contribution < -0.4 is 5.32 Å². The SMILES string of the molecule is COC1CC(C(=O)O)N(C(=O)NC(C)c2ccncc2)C1. The first-order chi connectivity index (χ1) is 10.0. The molecule has 7 heteroatoms. The summed E-state index contributed by atoms with van der Waals surface area (Å²) in [5.41, 5.74) is 0.910. The van der Waals surface area contributed by atoms with Gasteiger partial charge in [0.25, 0.3) is 0 Å². The van der Waals surface area contributed by atoms with Gasteiger partial charge < -0.3 is 20.1 Å². The summed E-state index contributed by atoms with van der Waals surface area (Å²) in [6.45, 7) is 2.12. The Morgan fingerprint density at radius 3 is 2.71 bits per heavy atom. The number of nitrogens with zero attached hydrogens (tertiary/aromatic N) is 2. The number of rotatable bonds is 4. The van der Waals surface area contributed by atoms with Gasteiger partial charge in [0.15, 0.2) is 0 Å². The molecule has 2 rings (SSSR count). The third-order valence-electron chi connectivity index (χ3n) is 3.69. The molecule has 3 atom stereocenters. The van der Waals surface area contributed by atoms with Gasteiger partial charge in [-0.2, -0.15) is 0 Å². The normalized spacial score (nSPS) is 22.9. The summed E-state index contributed by atoms with van der Waals surface area (Å²) in [4.78, 5) is 28.8. The fourth-order valence-electron chi connectivity index (χ4n) is 2.43. The van der Waals surface area contributed by atoms with Crippen LogP contribution in [0.3, 0.4) is 0 Å². The molecular weight excluding hydrogens is 274 g/mol. The van der Waals surface area contributed by atoms with E-state index in [2.05, 4.69) is 10.3 Å². The van der Waals surface area contributed by atoms with Gasteiger partial charge in [-0.05, 0) is 24.6 Å². The Hall–Kier alpha value is -2.15. The third-order valence-corrected chi connectivity index (χ3v) is 3.69. The molecule has 2 N–H and O–H groups in total. The van der Waals surface area contributed by atoms with Crippen molar-refractivity contribution in [3.63, 3.8) is 0 Å².